The lowest BCUT2D eigenvalue weighted by molar-refractivity contribution is 0.340. The molecule has 0 amide bonds. The van der Waals surface area contributed by atoms with E-state index in [9.17, 15) is 0 Å². The Morgan fingerprint density at radius 1 is 1.08 bits per heavy atom. The van der Waals surface area contributed by atoms with Crippen molar-refractivity contribution in [1.82, 2.24) is 10.2 Å². The highest BCUT2D eigenvalue weighted by Gasteiger charge is 2.13. The maximum absolute atomic E-state index is 6.02. The molecule has 0 aliphatic heterocycles. The molecule has 24 heavy (non-hydrogen) atoms. The van der Waals surface area contributed by atoms with Crippen molar-refractivity contribution < 1.29 is 9.15 Å². The zero-order chi connectivity index (χ0) is 16.9. The molecule has 3 aromatic rings. The van der Waals surface area contributed by atoms with Crippen molar-refractivity contribution in [2.45, 2.75) is 17.9 Å². The number of halogens is 2. The van der Waals surface area contributed by atoms with Crippen molar-refractivity contribution >= 4 is 35.0 Å². The van der Waals surface area contributed by atoms with Gasteiger partial charge in [-0.05, 0) is 36.8 Å². The topological polar surface area (TPSA) is 48.2 Å². The molecule has 0 unspecified atom stereocenters. The average Bonchev–Trinajstić information content (AvgIpc) is 3.06. The van der Waals surface area contributed by atoms with Crippen molar-refractivity contribution in [3.05, 3.63) is 58.1 Å². The number of para-hydroxylation sites is 1. The summed E-state index contributed by atoms with van der Waals surface area (Å²) in [6.45, 7) is 2.51. The highest BCUT2D eigenvalue weighted by molar-refractivity contribution is 7.98. The maximum Gasteiger partial charge on any atom is 0.277 e. The van der Waals surface area contributed by atoms with Gasteiger partial charge in [-0.15, -0.1) is 10.2 Å². The largest absolute Gasteiger partial charge is 0.493 e. The molecule has 0 saturated carbocycles. The van der Waals surface area contributed by atoms with Gasteiger partial charge in [-0.2, -0.15) is 0 Å². The van der Waals surface area contributed by atoms with Gasteiger partial charge >= 0.3 is 0 Å². The minimum absolute atomic E-state index is 0.440. The van der Waals surface area contributed by atoms with Gasteiger partial charge in [-0.1, -0.05) is 53.2 Å². The lowest BCUT2D eigenvalue weighted by Gasteiger charge is -2.06. The minimum Gasteiger partial charge on any atom is -0.493 e. The number of rotatable bonds is 6. The van der Waals surface area contributed by atoms with E-state index in [2.05, 4.69) is 10.2 Å². The first-order valence-electron chi connectivity index (χ1n) is 7.30. The second-order valence-corrected chi connectivity index (χ2v) is 6.58. The molecule has 0 N–H and O–H groups in total. The van der Waals surface area contributed by atoms with Crippen molar-refractivity contribution in [2.24, 2.45) is 0 Å². The number of thioether (sulfide) groups is 1. The van der Waals surface area contributed by atoms with E-state index in [0.717, 1.165) is 16.9 Å². The molecule has 124 valence electrons. The molecule has 0 fully saturated rings. The molecule has 0 bridgehead atoms. The summed E-state index contributed by atoms with van der Waals surface area (Å²) in [4.78, 5) is 0. The highest BCUT2D eigenvalue weighted by atomic mass is 35.5. The van der Waals surface area contributed by atoms with Crippen LogP contribution in [0.5, 0.6) is 5.75 Å². The van der Waals surface area contributed by atoms with Crippen molar-refractivity contribution in [2.75, 3.05) is 6.61 Å². The molecular formula is C17H14Cl2N2O2S. The molecule has 1 aromatic heterocycles. The Bertz CT molecular complexity index is 839. The number of benzene rings is 2. The fourth-order valence-corrected chi connectivity index (χ4v) is 3.10. The van der Waals surface area contributed by atoms with Crippen LogP contribution in [0.2, 0.25) is 10.0 Å². The van der Waals surface area contributed by atoms with E-state index < -0.39 is 0 Å². The number of hydrogen-bond donors (Lipinski definition) is 0. The van der Waals surface area contributed by atoms with Crippen LogP contribution in [0.15, 0.2) is 52.1 Å². The summed E-state index contributed by atoms with van der Waals surface area (Å²) >= 11 is 13.4. The summed E-state index contributed by atoms with van der Waals surface area (Å²) in [6, 6.07) is 13.1. The van der Waals surface area contributed by atoms with Gasteiger partial charge in [-0.3, -0.25) is 0 Å². The Morgan fingerprint density at radius 3 is 2.71 bits per heavy atom. The van der Waals surface area contributed by atoms with E-state index in [-0.39, 0.29) is 0 Å². The average molecular weight is 381 g/mol. The molecule has 0 atom stereocenters. The summed E-state index contributed by atoms with van der Waals surface area (Å²) in [5.41, 5.74) is 1.82. The molecule has 2 aromatic carbocycles. The van der Waals surface area contributed by atoms with Crippen molar-refractivity contribution in [1.29, 1.82) is 0 Å². The smallest absolute Gasteiger partial charge is 0.277 e. The molecular weight excluding hydrogens is 367 g/mol. The predicted octanol–water partition coefficient (Wildman–Crippen LogP) is 5.73. The third kappa shape index (κ3) is 4.04. The number of ether oxygens (including phenoxy) is 1. The predicted molar refractivity (Wildman–Crippen MR) is 96.9 cm³/mol. The first kappa shape index (κ1) is 17.1. The molecule has 0 aliphatic rings. The number of hydrogen-bond acceptors (Lipinski definition) is 5. The summed E-state index contributed by atoms with van der Waals surface area (Å²) in [5.74, 6) is 1.83. The highest BCUT2D eigenvalue weighted by Crippen LogP contribution is 2.32. The Hall–Kier alpha value is -1.69. The van der Waals surface area contributed by atoms with Gasteiger partial charge < -0.3 is 9.15 Å². The van der Waals surface area contributed by atoms with Crippen LogP contribution in [0.1, 0.15) is 12.5 Å². The molecule has 0 spiro atoms. The molecule has 0 radical (unpaired) electrons. The molecule has 1 heterocycles. The monoisotopic (exact) mass is 380 g/mol. The zero-order valence-corrected chi connectivity index (χ0v) is 15.2. The van der Waals surface area contributed by atoms with Gasteiger partial charge in [0.25, 0.3) is 11.1 Å². The third-order valence-corrected chi connectivity index (χ3v) is 4.80. The quantitative estimate of drug-likeness (QED) is 0.510. The molecule has 0 aliphatic carbocycles. The summed E-state index contributed by atoms with van der Waals surface area (Å²) in [6.07, 6.45) is 0. The number of nitrogens with zero attached hydrogens (tertiary/aromatic N) is 2. The Kier molecular flexibility index (Phi) is 5.66. The maximum atomic E-state index is 6.02. The molecule has 4 nitrogen and oxygen atoms in total. The fourth-order valence-electron chi connectivity index (χ4n) is 2.08. The van der Waals surface area contributed by atoms with Crippen LogP contribution in [0.25, 0.3) is 11.5 Å². The Morgan fingerprint density at radius 2 is 1.92 bits per heavy atom. The van der Waals surface area contributed by atoms with Gasteiger partial charge in [0.1, 0.15) is 5.75 Å². The van der Waals surface area contributed by atoms with Gasteiger partial charge in [-0.25, -0.2) is 0 Å². The van der Waals surface area contributed by atoms with Crippen LogP contribution in [-0.4, -0.2) is 16.8 Å². The normalized spacial score (nSPS) is 10.8. The van der Waals surface area contributed by atoms with Crippen molar-refractivity contribution in [3.8, 4) is 17.2 Å². The van der Waals surface area contributed by atoms with E-state index in [0.29, 0.717) is 33.5 Å². The SMILES string of the molecule is CCOc1ccccc1-c1nnc(SCc2ccc(Cl)c(Cl)c2)o1. The van der Waals surface area contributed by atoms with E-state index in [1.165, 1.54) is 11.8 Å². The second kappa shape index (κ2) is 7.92. The molecule has 3 rings (SSSR count). The summed E-state index contributed by atoms with van der Waals surface area (Å²) in [5, 5.41) is 9.75. The fraction of sp³-hybridized carbons (Fsp3) is 0.176. The lowest BCUT2D eigenvalue weighted by Crippen LogP contribution is -1.93. The summed E-state index contributed by atoms with van der Waals surface area (Å²) < 4.78 is 11.3. The van der Waals surface area contributed by atoms with Crippen LogP contribution < -0.4 is 4.74 Å². The van der Waals surface area contributed by atoms with E-state index in [1.54, 1.807) is 6.07 Å². The lowest BCUT2D eigenvalue weighted by atomic mass is 10.2. The van der Waals surface area contributed by atoms with Crippen LogP contribution in [0.3, 0.4) is 0 Å². The van der Waals surface area contributed by atoms with E-state index in [1.807, 2.05) is 43.3 Å². The second-order valence-electron chi connectivity index (χ2n) is 4.84. The van der Waals surface area contributed by atoms with Crippen molar-refractivity contribution in [3.63, 3.8) is 0 Å². The summed E-state index contributed by atoms with van der Waals surface area (Å²) in [7, 11) is 0. The van der Waals surface area contributed by atoms with Crippen LogP contribution in [-0.2, 0) is 5.75 Å². The third-order valence-electron chi connectivity index (χ3n) is 3.17. The Labute approximate surface area is 154 Å². The van der Waals surface area contributed by atoms with Gasteiger partial charge in [0.15, 0.2) is 0 Å². The first-order valence-corrected chi connectivity index (χ1v) is 9.04. The van der Waals surface area contributed by atoms with E-state index in [4.69, 9.17) is 32.4 Å². The van der Waals surface area contributed by atoms with E-state index >= 15 is 0 Å². The van der Waals surface area contributed by atoms with Crippen LogP contribution >= 0.6 is 35.0 Å². The first-order chi connectivity index (χ1) is 11.7. The standard InChI is InChI=1S/C17H14Cl2N2O2S/c1-2-22-15-6-4-3-5-12(15)16-20-21-17(23-16)24-10-11-7-8-13(18)14(19)9-11/h3-9H,2,10H2,1H3. The minimum atomic E-state index is 0.440. The number of aromatic nitrogens is 2. The van der Waals surface area contributed by atoms with Gasteiger partial charge in [0, 0.05) is 5.75 Å². The molecule has 0 saturated heterocycles. The van der Waals surface area contributed by atoms with Gasteiger partial charge in [0.05, 0.1) is 22.2 Å². The zero-order valence-electron chi connectivity index (χ0n) is 12.8. The van der Waals surface area contributed by atoms with Crippen LogP contribution in [0.4, 0.5) is 0 Å². The van der Waals surface area contributed by atoms with Crippen LogP contribution in [0, 0.1) is 0 Å². The Balaban J connectivity index is 1.73. The molecule has 7 heteroatoms. The van der Waals surface area contributed by atoms with Gasteiger partial charge in [0.2, 0.25) is 0 Å².